The second-order valence-corrected chi connectivity index (χ2v) is 6.33. The zero-order valence-corrected chi connectivity index (χ0v) is 12.8. The number of hydrogen-bond acceptors (Lipinski definition) is 3. The van der Waals surface area contributed by atoms with Gasteiger partial charge in [0.05, 0.1) is 6.42 Å². The molecule has 0 spiro atoms. The van der Waals surface area contributed by atoms with E-state index >= 15 is 0 Å². The number of anilines is 1. The summed E-state index contributed by atoms with van der Waals surface area (Å²) in [5.74, 6) is -1.05. The molecule has 1 atom stereocenters. The van der Waals surface area contributed by atoms with Gasteiger partial charge in [-0.25, -0.2) is 0 Å². The Morgan fingerprint density at radius 1 is 1.33 bits per heavy atom. The lowest BCUT2D eigenvalue weighted by molar-refractivity contribution is -0.138. The lowest BCUT2D eigenvalue weighted by Crippen LogP contribution is -2.45. The molecule has 21 heavy (non-hydrogen) atoms. The van der Waals surface area contributed by atoms with Crippen LogP contribution in [0.4, 0.5) is 5.69 Å². The summed E-state index contributed by atoms with van der Waals surface area (Å²) in [6.45, 7) is 5.75. The molecule has 0 fully saturated rings. The fourth-order valence-corrected chi connectivity index (χ4v) is 2.02. The molecule has 5 nitrogen and oxygen atoms in total. The maximum atomic E-state index is 12.0. The van der Waals surface area contributed by atoms with E-state index in [2.05, 4.69) is 5.32 Å². The van der Waals surface area contributed by atoms with E-state index in [0.717, 1.165) is 5.56 Å². The molecule has 0 aliphatic heterocycles. The number of aliphatic carboxylic acids is 1. The summed E-state index contributed by atoms with van der Waals surface area (Å²) in [6, 6.07) is 7.02. The first-order valence-electron chi connectivity index (χ1n) is 7.04. The summed E-state index contributed by atoms with van der Waals surface area (Å²) in [5, 5.41) is 11.8. The van der Waals surface area contributed by atoms with Crippen LogP contribution in [0.15, 0.2) is 24.3 Å². The van der Waals surface area contributed by atoms with E-state index in [-0.39, 0.29) is 23.8 Å². The van der Waals surface area contributed by atoms with Crippen LogP contribution in [0.1, 0.15) is 39.2 Å². The molecule has 0 radical (unpaired) electrons. The second kappa shape index (κ2) is 7.11. The lowest BCUT2D eigenvalue weighted by atomic mass is 9.84. The number of rotatable bonds is 6. The van der Waals surface area contributed by atoms with Gasteiger partial charge in [0.15, 0.2) is 0 Å². The van der Waals surface area contributed by atoms with Crippen molar-refractivity contribution < 1.29 is 14.7 Å². The van der Waals surface area contributed by atoms with Crippen LogP contribution in [0.2, 0.25) is 0 Å². The van der Waals surface area contributed by atoms with Crippen LogP contribution in [0.25, 0.3) is 0 Å². The van der Waals surface area contributed by atoms with Gasteiger partial charge in [-0.1, -0.05) is 32.9 Å². The quantitative estimate of drug-likeness (QED) is 0.701. The van der Waals surface area contributed by atoms with Gasteiger partial charge in [0.25, 0.3) is 0 Å². The SMILES string of the molecule is CC(C)(C)C(CC(=O)O)NC(=O)CCc1cccc(N)c1. The fourth-order valence-electron chi connectivity index (χ4n) is 2.02. The average Bonchev–Trinajstić information content (AvgIpc) is 2.34. The molecule has 116 valence electrons. The van der Waals surface area contributed by atoms with E-state index in [9.17, 15) is 9.59 Å². The Bertz CT molecular complexity index is 506. The number of carbonyl (C=O) groups is 2. The third-order valence-electron chi connectivity index (χ3n) is 3.35. The van der Waals surface area contributed by atoms with Crippen molar-refractivity contribution in [3.8, 4) is 0 Å². The van der Waals surface area contributed by atoms with E-state index in [0.29, 0.717) is 18.5 Å². The number of hydrogen-bond donors (Lipinski definition) is 3. The van der Waals surface area contributed by atoms with Gasteiger partial charge in [-0.05, 0) is 29.5 Å². The minimum atomic E-state index is -0.911. The van der Waals surface area contributed by atoms with E-state index in [1.807, 2.05) is 39.0 Å². The molecule has 0 aliphatic rings. The number of nitrogens with one attached hydrogen (secondary N) is 1. The predicted octanol–water partition coefficient (Wildman–Crippen LogP) is 2.21. The van der Waals surface area contributed by atoms with Crippen LogP contribution in [0.5, 0.6) is 0 Å². The second-order valence-electron chi connectivity index (χ2n) is 6.33. The maximum absolute atomic E-state index is 12.0. The number of nitrogen functional groups attached to an aromatic ring is 1. The van der Waals surface area contributed by atoms with E-state index in [1.165, 1.54) is 0 Å². The third kappa shape index (κ3) is 6.29. The topological polar surface area (TPSA) is 92.4 Å². The highest BCUT2D eigenvalue weighted by Crippen LogP contribution is 2.22. The Morgan fingerprint density at radius 3 is 2.52 bits per heavy atom. The Hall–Kier alpha value is -2.04. The van der Waals surface area contributed by atoms with Crippen LogP contribution < -0.4 is 11.1 Å². The first-order chi connectivity index (χ1) is 9.68. The van der Waals surface area contributed by atoms with E-state index in [1.54, 1.807) is 6.07 Å². The van der Waals surface area contributed by atoms with Crippen molar-refractivity contribution in [1.82, 2.24) is 5.32 Å². The van der Waals surface area contributed by atoms with E-state index in [4.69, 9.17) is 10.8 Å². The molecule has 0 saturated carbocycles. The number of aryl methyl sites for hydroxylation is 1. The summed E-state index contributed by atoms with van der Waals surface area (Å²) < 4.78 is 0. The number of carbonyl (C=O) groups excluding carboxylic acids is 1. The summed E-state index contributed by atoms with van der Waals surface area (Å²) >= 11 is 0. The highest BCUT2D eigenvalue weighted by atomic mass is 16.4. The minimum absolute atomic E-state index is 0.0759. The maximum Gasteiger partial charge on any atom is 0.305 e. The van der Waals surface area contributed by atoms with Gasteiger partial charge < -0.3 is 16.2 Å². The number of carboxylic acid groups (broad SMARTS) is 1. The Kier molecular flexibility index (Phi) is 5.76. The molecular weight excluding hydrogens is 268 g/mol. The molecule has 0 heterocycles. The molecule has 5 heteroatoms. The molecule has 1 amide bonds. The Balaban J connectivity index is 2.56. The summed E-state index contributed by atoms with van der Waals surface area (Å²) in [7, 11) is 0. The average molecular weight is 292 g/mol. The van der Waals surface area contributed by atoms with Gasteiger partial charge in [0, 0.05) is 18.2 Å². The standard InChI is InChI=1S/C16H24N2O3/c1-16(2,3)13(10-15(20)21)18-14(19)8-7-11-5-4-6-12(17)9-11/h4-6,9,13H,7-8,10,17H2,1-3H3,(H,18,19)(H,20,21). The van der Waals surface area contributed by atoms with Gasteiger partial charge in [-0.15, -0.1) is 0 Å². The minimum Gasteiger partial charge on any atom is -0.481 e. The summed E-state index contributed by atoms with van der Waals surface area (Å²) in [5.41, 5.74) is 7.06. The molecule has 1 aromatic rings. The number of amides is 1. The third-order valence-corrected chi connectivity index (χ3v) is 3.35. The van der Waals surface area contributed by atoms with Crippen molar-refractivity contribution in [2.45, 2.75) is 46.1 Å². The van der Waals surface area contributed by atoms with Gasteiger partial charge in [-0.2, -0.15) is 0 Å². The van der Waals surface area contributed by atoms with Crippen LogP contribution in [-0.2, 0) is 16.0 Å². The number of carboxylic acids is 1. The van der Waals surface area contributed by atoms with Crippen LogP contribution in [0, 0.1) is 5.41 Å². The predicted molar refractivity (Wildman–Crippen MR) is 82.8 cm³/mol. The zero-order valence-electron chi connectivity index (χ0n) is 12.8. The van der Waals surface area contributed by atoms with Crippen molar-refractivity contribution in [2.24, 2.45) is 5.41 Å². The molecule has 0 aromatic heterocycles. The monoisotopic (exact) mass is 292 g/mol. The fraction of sp³-hybridized carbons (Fsp3) is 0.500. The summed E-state index contributed by atoms with van der Waals surface area (Å²) in [6.07, 6.45) is 0.823. The molecule has 0 aliphatic carbocycles. The van der Waals surface area contributed by atoms with Crippen molar-refractivity contribution in [3.05, 3.63) is 29.8 Å². The van der Waals surface area contributed by atoms with Gasteiger partial charge in [0.1, 0.15) is 0 Å². The molecule has 0 saturated heterocycles. The normalized spacial score (nSPS) is 12.7. The Labute approximate surface area is 125 Å². The first-order valence-corrected chi connectivity index (χ1v) is 7.04. The lowest BCUT2D eigenvalue weighted by Gasteiger charge is -2.30. The van der Waals surface area contributed by atoms with Gasteiger partial charge in [-0.3, -0.25) is 9.59 Å². The molecule has 0 bridgehead atoms. The largest absolute Gasteiger partial charge is 0.481 e. The van der Waals surface area contributed by atoms with Crippen molar-refractivity contribution in [3.63, 3.8) is 0 Å². The van der Waals surface area contributed by atoms with E-state index < -0.39 is 5.97 Å². The highest BCUT2D eigenvalue weighted by molar-refractivity contribution is 5.77. The van der Waals surface area contributed by atoms with Gasteiger partial charge >= 0.3 is 5.97 Å². The van der Waals surface area contributed by atoms with Crippen LogP contribution in [0.3, 0.4) is 0 Å². The molecule has 4 N–H and O–H groups in total. The van der Waals surface area contributed by atoms with Crippen molar-refractivity contribution >= 4 is 17.6 Å². The van der Waals surface area contributed by atoms with Crippen LogP contribution in [-0.4, -0.2) is 23.0 Å². The highest BCUT2D eigenvalue weighted by Gasteiger charge is 2.28. The smallest absolute Gasteiger partial charge is 0.305 e. The van der Waals surface area contributed by atoms with Gasteiger partial charge in [0.2, 0.25) is 5.91 Å². The molecular formula is C16H24N2O3. The molecule has 1 rings (SSSR count). The number of nitrogens with two attached hydrogens (primary N) is 1. The molecule has 1 unspecified atom stereocenters. The number of benzene rings is 1. The first kappa shape index (κ1) is 17.0. The molecule has 1 aromatic carbocycles. The van der Waals surface area contributed by atoms with Crippen LogP contribution >= 0.6 is 0 Å². The van der Waals surface area contributed by atoms with Crippen molar-refractivity contribution in [2.75, 3.05) is 5.73 Å². The summed E-state index contributed by atoms with van der Waals surface area (Å²) in [4.78, 5) is 22.9. The zero-order chi connectivity index (χ0) is 16.0. The Morgan fingerprint density at radius 2 is 2.00 bits per heavy atom. The van der Waals surface area contributed by atoms with Crippen molar-refractivity contribution in [1.29, 1.82) is 0 Å².